The van der Waals surface area contributed by atoms with Crippen molar-refractivity contribution in [3.63, 3.8) is 0 Å². The highest BCUT2D eigenvalue weighted by Gasteiger charge is 2.23. The van der Waals surface area contributed by atoms with Gasteiger partial charge in [0.25, 0.3) is 5.56 Å². The van der Waals surface area contributed by atoms with Crippen LogP contribution < -0.4 is 15.0 Å². The number of carbonyl (C=O) groups excluding carboxylic acids is 1. The number of rotatable bonds is 14. The van der Waals surface area contributed by atoms with E-state index >= 15 is 0 Å². The molecule has 0 spiro atoms. The average Bonchev–Trinajstić information content (AvgIpc) is 3.35. The third-order valence-corrected chi connectivity index (χ3v) is 7.28. The van der Waals surface area contributed by atoms with Gasteiger partial charge in [-0.05, 0) is 48.7 Å². The van der Waals surface area contributed by atoms with Gasteiger partial charge in [-0.3, -0.25) is 14.0 Å². The summed E-state index contributed by atoms with van der Waals surface area (Å²) < 4.78 is 20.6. The minimum atomic E-state index is -0.772. The summed E-state index contributed by atoms with van der Waals surface area (Å²) in [6, 6.07) is 26.8. The van der Waals surface area contributed by atoms with Crippen LogP contribution in [0.15, 0.2) is 89.7 Å². The Hall–Kier alpha value is -4.92. The van der Waals surface area contributed by atoms with Crippen LogP contribution in [-0.2, 0) is 42.4 Å². The van der Waals surface area contributed by atoms with Gasteiger partial charge in [-0.1, -0.05) is 74.0 Å². The largest absolute Gasteiger partial charge is 0.492 e. The normalized spacial score (nSPS) is 11.8. The summed E-state index contributed by atoms with van der Waals surface area (Å²) in [5.41, 5.74) is 3.88. The van der Waals surface area contributed by atoms with Gasteiger partial charge in [0, 0.05) is 19.9 Å². The zero-order valence-corrected chi connectivity index (χ0v) is 25.4. The van der Waals surface area contributed by atoms with E-state index in [-0.39, 0.29) is 18.8 Å². The Morgan fingerprint density at radius 2 is 1.59 bits per heavy atom. The zero-order chi connectivity index (χ0) is 30.9. The van der Waals surface area contributed by atoms with E-state index in [4.69, 9.17) is 19.2 Å². The van der Waals surface area contributed by atoms with Gasteiger partial charge in [-0.15, -0.1) is 0 Å². The molecule has 0 aliphatic rings. The Morgan fingerprint density at radius 1 is 0.886 bits per heavy atom. The maximum atomic E-state index is 13.8. The van der Waals surface area contributed by atoms with Gasteiger partial charge in [0.15, 0.2) is 11.6 Å². The van der Waals surface area contributed by atoms with Crippen molar-refractivity contribution in [3.05, 3.63) is 118 Å². The van der Waals surface area contributed by atoms with Crippen LogP contribution in [-0.4, -0.2) is 44.6 Å². The Morgan fingerprint density at radius 3 is 2.27 bits per heavy atom. The lowest BCUT2D eigenvalue weighted by molar-refractivity contribution is -0.151. The molecule has 5 rings (SSSR count). The maximum absolute atomic E-state index is 13.8. The number of nitrogens with zero attached hydrogens (tertiary/aromatic N) is 4. The third kappa shape index (κ3) is 7.34. The standard InChI is InChI=1S/C35H38N4O5/c1-4-12-29-32-33(38(3)37-29)34(40)39(31(36-32)24-25-13-8-6-9-14-25)21-22-43-27-19-17-26(18-20-27)23-30(35(41)42-5-2)44-28-15-10-7-11-16-28/h6-11,13-20,30H,4-5,12,21-24H2,1-3H3. The van der Waals surface area contributed by atoms with E-state index in [9.17, 15) is 9.59 Å². The number of hydrogen-bond acceptors (Lipinski definition) is 7. The summed E-state index contributed by atoms with van der Waals surface area (Å²) in [6.07, 6.45) is 1.78. The second-order valence-electron chi connectivity index (χ2n) is 10.5. The number of aromatic nitrogens is 4. The fourth-order valence-corrected chi connectivity index (χ4v) is 5.17. The summed E-state index contributed by atoms with van der Waals surface area (Å²) in [5, 5.41) is 4.60. The Balaban J connectivity index is 1.30. The summed E-state index contributed by atoms with van der Waals surface area (Å²) in [4.78, 5) is 31.3. The fraction of sp³-hybridized carbons (Fsp3) is 0.314. The molecule has 5 aromatic rings. The molecule has 0 radical (unpaired) electrons. The molecule has 9 nitrogen and oxygen atoms in total. The molecule has 1 unspecified atom stereocenters. The van der Waals surface area contributed by atoms with Crippen LogP contribution in [0.1, 0.15) is 42.9 Å². The first-order valence-corrected chi connectivity index (χ1v) is 15.1. The highest BCUT2D eigenvalue weighted by Crippen LogP contribution is 2.19. The van der Waals surface area contributed by atoms with E-state index in [0.29, 0.717) is 47.7 Å². The van der Waals surface area contributed by atoms with Crippen LogP contribution in [0.4, 0.5) is 0 Å². The Labute approximate surface area is 257 Å². The summed E-state index contributed by atoms with van der Waals surface area (Å²) in [7, 11) is 1.79. The van der Waals surface area contributed by atoms with Crippen LogP contribution in [0.2, 0.25) is 0 Å². The monoisotopic (exact) mass is 594 g/mol. The van der Waals surface area contributed by atoms with Crippen molar-refractivity contribution in [3.8, 4) is 11.5 Å². The van der Waals surface area contributed by atoms with Crippen LogP contribution in [0.25, 0.3) is 11.0 Å². The van der Waals surface area contributed by atoms with Gasteiger partial charge in [0.2, 0.25) is 0 Å². The first-order valence-electron chi connectivity index (χ1n) is 15.1. The molecular weight excluding hydrogens is 556 g/mol. The predicted molar refractivity (Wildman–Crippen MR) is 169 cm³/mol. The van der Waals surface area contributed by atoms with Crippen molar-refractivity contribution >= 4 is 17.0 Å². The van der Waals surface area contributed by atoms with Crippen molar-refractivity contribution in [2.24, 2.45) is 7.05 Å². The highest BCUT2D eigenvalue weighted by molar-refractivity contribution is 5.77. The van der Waals surface area contributed by atoms with E-state index in [2.05, 4.69) is 12.0 Å². The van der Waals surface area contributed by atoms with Crippen molar-refractivity contribution in [1.82, 2.24) is 19.3 Å². The molecule has 9 heteroatoms. The molecule has 0 N–H and O–H groups in total. The third-order valence-electron chi connectivity index (χ3n) is 7.28. The topological polar surface area (TPSA) is 97.5 Å². The van der Waals surface area contributed by atoms with Gasteiger partial charge in [-0.25, -0.2) is 9.78 Å². The molecule has 0 aliphatic heterocycles. The lowest BCUT2D eigenvalue weighted by Crippen LogP contribution is -2.31. The van der Waals surface area contributed by atoms with Crippen molar-refractivity contribution in [2.45, 2.75) is 52.2 Å². The molecule has 0 amide bonds. The van der Waals surface area contributed by atoms with Crippen LogP contribution in [0.5, 0.6) is 11.5 Å². The second kappa shape index (κ2) is 14.5. The maximum Gasteiger partial charge on any atom is 0.347 e. The molecular formula is C35H38N4O5. The molecule has 2 heterocycles. The highest BCUT2D eigenvalue weighted by atomic mass is 16.6. The molecule has 0 saturated heterocycles. The number of carbonyl (C=O) groups is 1. The van der Waals surface area contributed by atoms with E-state index in [0.717, 1.165) is 29.7 Å². The fourth-order valence-electron chi connectivity index (χ4n) is 5.17. The van der Waals surface area contributed by atoms with Gasteiger partial charge < -0.3 is 14.2 Å². The van der Waals surface area contributed by atoms with Gasteiger partial charge in [0.1, 0.15) is 29.4 Å². The minimum Gasteiger partial charge on any atom is -0.492 e. The first-order chi connectivity index (χ1) is 21.5. The molecule has 1 atom stereocenters. The number of ether oxygens (including phenoxy) is 3. The summed E-state index contributed by atoms with van der Waals surface area (Å²) in [6.45, 7) is 4.75. The summed E-state index contributed by atoms with van der Waals surface area (Å²) >= 11 is 0. The van der Waals surface area contributed by atoms with E-state index in [1.54, 1.807) is 23.2 Å². The Kier molecular flexibility index (Phi) is 10.1. The predicted octanol–water partition coefficient (Wildman–Crippen LogP) is 5.31. The molecule has 0 aliphatic carbocycles. The number of para-hydroxylation sites is 1. The van der Waals surface area contributed by atoms with Crippen LogP contribution in [0.3, 0.4) is 0 Å². The molecule has 44 heavy (non-hydrogen) atoms. The second-order valence-corrected chi connectivity index (χ2v) is 10.5. The van der Waals surface area contributed by atoms with Crippen molar-refractivity contribution in [2.75, 3.05) is 13.2 Å². The average molecular weight is 595 g/mol. The molecule has 228 valence electrons. The number of benzene rings is 3. The molecule has 0 bridgehead atoms. The van der Waals surface area contributed by atoms with E-state index in [1.807, 2.05) is 84.9 Å². The quantitative estimate of drug-likeness (QED) is 0.161. The zero-order valence-electron chi connectivity index (χ0n) is 25.4. The molecule has 3 aromatic carbocycles. The lowest BCUT2D eigenvalue weighted by Gasteiger charge is -2.18. The number of hydrogen-bond donors (Lipinski definition) is 0. The number of fused-ring (bicyclic) bond motifs is 1. The van der Waals surface area contributed by atoms with Crippen LogP contribution in [0, 0.1) is 0 Å². The minimum absolute atomic E-state index is 0.124. The van der Waals surface area contributed by atoms with Crippen molar-refractivity contribution < 1.29 is 19.0 Å². The Bertz CT molecular complexity index is 1730. The first kappa shape index (κ1) is 30.5. The van der Waals surface area contributed by atoms with Crippen LogP contribution >= 0.6 is 0 Å². The van der Waals surface area contributed by atoms with Gasteiger partial charge in [0.05, 0.1) is 18.8 Å². The number of esters is 1. The van der Waals surface area contributed by atoms with Crippen molar-refractivity contribution in [1.29, 1.82) is 0 Å². The van der Waals surface area contributed by atoms with E-state index < -0.39 is 12.1 Å². The SMILES string of the molecule is CCCc1nn(C)c2c(=O)n(CCOc3ccc(CC(Oc4ccccc4)C(=O)OCC)cc3)c(Cc3ccccc3)nc12. The summed E-state index contributed by atoms with van der Waals surface area (Å²) in [5.74, 6) is 1.53. The molecule has 2 aromatic heterocycles. The molecule has 0 fully saturated rings. The lowest BCUT2D eigenvalue weighted by atomic mass is 10.1. The van der Waals surface area contributed by atoms with E-state index in [1.165, 1.54) is 0 Å². The smallest absolute Gasteiger partial charge is 0.347 e. The van der Waals surface area contributed by atoms with Gasteiger partial charge in [-0.2, -0.15) is 5.10 Å². The molecule has 0 saturated carbocycles. The van der Waals surface area contributed by atoms with Gasteiger partial charge >= 0.3 is 5.97 Å². The number of aryl methyl sites for hydroxylation is 2.